The fraction of sp³-hybridized carbons (Fsp3) is 0.160. The van der Waals surface area contributed by atoms with Crippen LogP contribution in [0.2, 0.25) is 0 Å². The average Bonchev–Trinajstić information content (AvgIpc) is 3.33. The van der Waals surface area contributed by atoms with Gasteiger partial charge in [0.1, 0.15) is 0 Å². The van der Waals surface area contributed by atoms with Gasteiger partial charge in [-0.15, -0.1) is 0 Å². The van der Waals surface area contributed by atoms with Gasteiger partial charge in [0.15, 0.2) is 0 Å². The first-order valence-corrected chi connectivity index (χ1v) is 10.1. The molecule has 1 N–H and O–H groups in total. The molecule has 3 aromatic rings. The molecule has 0 unspecified atom stereocenters. The quantitative estimate of drug-likeness (QED) is 0.672. The predicted molar refractivity (Wildman–Crippen MR) is 114 cm³/mol. The van der Waals surface area contributed by atoms with Crippen molar-refractivity contribution in [2.24, 2.45) is 0 Å². The molecule has 30 heavy (non-hydrogen) atoms. The minimum absolute atomic E-state index is 0.180. The number of imide groups is 1. The number of amides is 3. The van der Waals surface area contributed by atoms with Gasteiger partial charge in [0.2, 0.25) is 0 Å². The lowest BCUT2D eigenvalue weighted by atomic mass is 10.1. The van der Waals surface area contributed by atoms with Crippen LogP contribution in [0.3, 0.4) is 0 Å². The highest BCUT2D eigenvalue weighted by molar-refractivity contribution is 6.21. The van der Waals surface area contributed by atoms with Crippen molar-refractivity contribution in [3.05, 3.63) is 100 Å². The third kappa shape index (κ3) is 3.18. The van der Waals surface area contributed by atoms with E-state index in [1.54, 1.807) is 48.5 Å². The third-order valence-electron chi connectivity index (χ3n) is 5.79. The largest absolute Gasteiger partial charge is 0.322 e. The molecule has 3 aromatic carbocycles. The second-order valence-corrected chi connectivity index (χ2v) is 7.73. The molecule has 5 heteroatoms. The van der Waals surface area contributed by atoms with Gasteiger partial charge in [0.05, 0.1) is 17.7 Å². The van der Waals surface area contributed by atoms with E-state index in [4.69, 9.17) is 0 Å². The summed E-state index contributed by atoms with van der Waals surface area (Å²) in [5, 5.41) is 2.95. The molecule has 0 radical (unpaired) electrons. The maximum atomic E-state index is 12.6. The molecular formula is C25H20N2O3. The van der Waals surface area contributed by atoms with E-state index in [0.717, 1.165) is 24.1 Å². The number of hydrogen-bond donors (Lipinski definition) is 1. The number of carbonyl (C=O) groups excluding carboxylic acids is 3. The molecule has 2 aliphatic rings. The zero-order valence-corrected chi connectivity index (χ0v) is 16.4. The van der Waals surface area contributed by atoms with E-state index in [2.05, 4.69) is 17.4 Å². The van der Waals surface area contributed by atoms with Crippen molar-refractivity contribution in [3.8, 4) is 0 Å². The summed E-state index contributed by atoms with van der Waals surface area (Å²) in [5.74, 6) is -0.747. The Morgan fingerprint density at radius 3 is 2.20 bits per heavy atom. The number of nitrogens with one attached hydrogen (secondary N) is 1. The minimum Gasteiger partial charge on any atom is -0.322 e. The number of aryl methyl sites for hydroxylation is 2. The van der Waals surface area contributed by atoms with E-state index in [1.807, 2.05) is 6.07 Å². The molecule has 3 amide bonds. The Hall–Kier alpha value is -3.73. The molecule has 0 fully saturated rings. The van der Waals surface area contributed by atoms with Crippen LogP contribution in [0.25, 0.3) is 0 Å². The number of fused-ring (bicyclic) bond motifs is 2. The van der Waals surface area contributed by atoms with Gasteiger partial charge < -0.3 is 5.32 Å². The molecule has 5 nitrogen and oxygen atoms in total. The molecule has 0 spiro atoms. The van der Waals surface area contributed by atoms with Crippen LogP contribution in [0.4, 0.5) is 5.69 Å². The van der Waals surface area contributed by atoms with Crippen molar-refractivity contribution >= 4 is 23.4 Å². The van der Waals surface area contributed by atoms with Crippen molar-refractivity contribution in [2.45, 2.75) is 25.8 Å². The smallest absolute Gasteiger partial charge is 0.261 e. The van der Waals surface area contributed by atoms with Crippen LogP contribution in [0.15, 0.2) is 66.7 Å². The van der Waals surface area contributed by atoms with E-state index in [9.17, 15) is 14.4 Å². The van der Waals surface area contributed by atoms with Crippen molar-refractivity contribution < 1.29 is 14.4 Å². The van der Waals surface area contributed by atoms with Crippen LogP contribution >= 0.6 is 0 Å². The monoisotopic (exact) mass is 396 g/mol. The maximum Gasteiger partial charge on any atom is 0.261 e. The van der Waals surface area contributed by atoms with Crippen LogP contribution in [0.1, 0.15) is 54.2 Å². The fourth-order valence-corrected chi connectivity index (χ4v) is 4.18. The van der Waals surface area contributed by atoms with Crippen LogP contribution in [-0.4, -0.2) is 22.6 Å². The van der Waals surface area contributed by atoms with Gasteiger partial charge in [-0.1, -0.05) is 30.3 Å². The second-order valence-electron chi connectivity index (χ2n) is 7.73. The minimum atomic E-state index is -0.283. The second kappa shape index (κ2) is 7.26. The highest BCUT2D eigenvalue weighted by Gasteiger charge is 2.34. The molecule has 5 rings (SSSR count). The molecule has 0 saturated heterocycles. The molecule has 0 atom stereocenters. The lowest BCUT2D eigenvalue weighted by Crippen LogP contribution is -2.29. The van der Waals surface area contributed by atoms with Crippen LogP contribution in [-0.2, 0) is 19.4 Å². The van der Waals surface area contributed by atoms with Gasteiger partial charge in [-0.25, -0.2) is 0 Å². The first kappa shape index (κ1) is 18.3. The van der Waals surface area contributed by atoms with Crippen LogP contribution < -0.4 is 5.32 Å². The van der Waals surface area contributed by atoms with Crippen LogP contribution in [0.5, 0.6) is 0 Å². The molecule has 1 aliphatic heterocycles. The van der Waals surface area contributed by atoms with Gasteiger partial charge >= 0.3 is 0 Å². The Balaban J connectivity index is 1.27. The summed E-state index contributed by atoms with van der Waals surface area (Å²) in [4.78, 5) is 38.9. The summed E-state index contributed by atoms with van der Waals surface area (Å²) in [6.07, 6.45) is 3.34. The van der Waals surface area contributed by atoms with Gasteiger partial charge in [-0.2, -0.15) is 0 Å². The fourth-order valence-electron chi connectivity index (χ4n) is 4.18. The lowest BCUT2D eigenvalue weighted by molar-refractivity contribution is 0.0642. The van der Waals surface area contributed by atoms with Gasteiger partial charge in [-0.05, 0) is 72.4 Å². The Labute approximate surface area is 174 Å². The molecule has 0 bridgehead atoms. The highest BCUT2D eigenvalue weighted by atomic mass is 16.2. The van der Waals surface area contributed by atoms with Gasteiger partial charge in [-0.3, -0.25) is 19.3 Å². The van der Waals surface area contributed by atoms with Crippen molar-refractivity contribution in [2.75, 3.05) is 5.32 Å². The molecule has 148 valence electrons. The Kier molecular flexibility index (Phi) is 4.43. The van der Waals surface area contributed by atoms with E-state index in [1.165, 1.54) is 22.4 Å². The zero-order chi connectivity index (χ0) is 20.7. The molecule has 0 saturated carbocycles. The highest BCUT2D eigenvalue weighted by Crippen LogP contribution is 2.26. The number of benzene rings is 3. The predicted octanol–water partition coefficient (Wildman–Crippen LogP) is 4.22. The number of hydrogen-bond acceptors (Lipinski definition) is 3. The van der Waals surface area contributed by atoms with Crippen molar-refractivity contribution in [1.82, 2.24) is 4.90 Å². The number of anilines is 1. The topological polar surface area (TPSA) is 66.5 Å². The molecule has 1 aliphatic carbocycles. The summed E-state index contributed by atoms with van der Waals surface area (Å²) >= 11 is 0. The first-order chi connectivity index (χ1) is 14.6. The van der Waals surface area contributed by atoms with E-state index in [0.29, 0.717) is 16.7 Å². The molecular weight excluding hydrogens is 376 g/mol. The summed E-state index contributed by atoms with van der Waals surface area (Å²) in [7, 11) is 0. The standard InChI is InChI=1S/C25H20N2O3/c28-23(26-20-13-12-17-4-3-5-19(17)14-20)18-10-8-16(9-11-18)15-27-24(29)21-6-1-2-7-22(21)25(27)30/h1-2,6-14H,3-5,15H2,(H,26,28). The average molecular weight is 396 g/mol. The van der Waals surface area contributed by atoms with E-state index in [-0.39, 0.29) is 24.3 Å². The normalized spacial score (nSPS) is 14.6. The van der Waals surface area contributed by atoms with E-state index < -0.39 is 0 Å². The third-order valence-corrected chi connectivity index (χ3v) is 5.79. The van der Waals surface area contributed by atoms with Crippen LogP contribution in [0, 0.1) is 0 Å². The Morgan fingerprint density at radius 1 is 0.833 bits per heavy atom. The van der Waals surface area contributed by atoms with E-state index >= 15 is 0 Å². The summed E-state index contributed by atoms with van der Waals surface area (Å²) in [6.45, 7) is 0.180. The van der Waals surface area contributed by atoms with Crippen molar-refractivity contribution in [1.29, 1.82) is 0 Å². The molecule has 1 heterocycles. The van der Waals surface area contributed by atoms with Gasteiger partial charge in [0.25, 0.3) is 17.7 Å². The lowest BCUT2D eigenvalue weighted by Gasteiger charge is -2.14. The SMILES string of the molecule is O=C(Nc1ccc2c(c1)CCC2)c1ccc(CN2C(=O)c3ccccc3C2=O)cc1. The van der Waals surface area contributed by atoms with Gasteiger partial charge in [0, 0.05) is 11.3 Å². The number of carbonyl (C=O) groups is 3. The zero-order valence-electron chi connectivity index (χ0n) is 16.4. The number of nitrogens with zero attached hydrogens (tertiary/aromatic N) is 1. The number of rotatable bonds is 4. The summed E-state index contributed by atoms with van der Waals surface area (Å²) in [6, 6.07) is 19.9. The Bertz CT molecular complexity index is 1150. The molecule has 0 aromatic heterocycles. The summed E-state index contributed by atoms with van der Waals surface area (Å²) < 4.78 is 0. The maximum absolute atomic E-state index is 12.6. The first-order valence-electron chi connectivity index (χ1n) is 10.1. The summed E-state index contributed by atoms with van der Waals surface area (Å²) in [5.41, 5.74) is 5.67. The van der Waals surface area contributed by atoms with Crippen molar-refractivity contribution in [3.63, 3.8) is 0 Å². The Morgan fingerprint density at radius 2 is 1.50 bits per heavy atom.